The van der Waals surface area contributed by atoms with Gasteiger partial charge in [-0.05, 0) is 61.7 Å². The summed E-state index contributed by atoms with van der Waals surface area (Å²) in [5.41, 5.74) is 7.56. The number of fused-ring (bicyclic) bond motifs is 1. The highest BCUT2D eigenvalue weighted by Gasteiger charge is 2.25. The van der Waals surface area contributed by atoms with Gasteiger partial charge in [-0.3, -0.25) is 9.59 Å². The zero-order valence-corrected chi connectivity index (χ0v) is 20.5. The summed E-state index contributed by atoms with van der Waals surface area (Å²) >= 11 is 6.03. The van der Waals surface area contributed by atoms with Crippen molar-refractivity contribution >= 4 is 45.7 Å². The number of rotatable bonds is 6. The Morgan fingerprint density at radius 1 is 0.972 bits per heavy atom. The van der Waals surface area contributed by atoms with Crippen molar-refractivity contribution < 1.29 is 9.59 Å². The molecule has 1 aliphatic rings. The zero-order chi connectivity index (χ0) is 25.1. The number of nitrogens with one attached hydrogen (secondary N) is 2. The van der Waals surface area contributed by atoms with Crippen LogP contribution in [0.3, 0.4) is 0 Å². The quantitative estimate of drug-likeness (QED) is 0.238. The summed E-state index contributed by atoms with van der Waals surface area (Å²) in [5, 5.41) is 8.69. The largest absolute Gasteiger partial charge is 0.326 e. The lowest BCUT2D eigenvalue weighted by Crippen LogP contribution is -2.28. The summed E-state index contributed by atoms with van der Waals surface area (Å²) in [6, 6.07) is 24.1. The van der Waals surface area contributed by atoms with E-state index in [4.69, 9.17) is 16.6 Å². The lowest BCUT2D eigenvalue weighted by atomic mass is 9.85. The van der Waals surface area contributed by atoms with Gasteiger partial charge in [0.25, 0.3) is 5.91 Å². The molecule has 4 aromatic rings. The van der Waals surface area contributed by atoms with Gasteiger partial charge in [-0.15, -0.1) is 0 Å². The molecule has 0 unspecified atom stereocenters. The fourth-order valence-electron chi connectivity index (χ4n) is 4.13. The normalized spacial score (nSPS) is 13.8. The molecule has 1 saturated carbocycles. The summed E-state index contributed by atoms with van der Waals surface area (Å²) < 4.78 is 0. The van der Waals surface area contributed by atoms with Crippen LogP contribution in [-0.4, -0.2) is 22.5 Å². The first-order chi connectivity index (χ1) is 17.5. The van der Waals surface area contributed by atoms with E-state index >= 15 is 0 Å². The number of pyridine rings is 1. The second-order valence-corrected chi connectivity index (χ2v) is 9.35. The SMILES string of the molecule is C/C(=N\NC(=O)c1cc(-c2ccc(Cl)cc2)nc2ccccc12)c1cccc(NC(=O)C2CCC2)c1. The molecule has 0 saturated heterocycles. The van der Waals surface area contributed by atoms with Gasteiger partial charge in [-0.2, -0.15) is 5.10 Å². The van der Waals surface area contributed by atoms with Gasteiger partial charge in [0.1, 0.15) is 0 Å². The lowest BCUT2D eigenvalue weighted by Gasteiger charge is -2.24. The average Bonchev–Trinajstić information content (AvgIpc) is 2.86. The molecular formula is C29H25ClN4O2. The van der Waals surface area contributed by atoms with Crippen LogP contribution in [0.4, 0.5) is 5.69 Å². The van der Waals surface area contributed by atoms with E-state index in [0.717, 1.165) is 41.5 Å². The van der Waals surface area contributed by atoms with Crippen molar-refractivity contribution in [1.29, 1.82) is 0 Å². The summed E-state index contributed by atoms with van der Waals surface area (Å²) in [5.74, 6) is -0.171. The molecule has 0 spiro atoms. The second kappa shape index (κ2) is 10.3. The molecule has 3 aromatic carbocycles. The maximum Gasteiger partial charge on any atom is 0.272 e. The molecule has 0 bridgehead atoms. The molecule has 0 aliphatic heterocycles. The molecule has 7 heteroatoms. The molecular weight excluding hydrogens is 472 g/mol. The van der Waals surface area contributed by atoms with E-state index in [1.54, 1.807) is 18.2 Å². The van der Waals surface area contributed by atoms with Gasteiger partial charge in [0, 0.05) is 27.6 Å². The molecule has 6 nitrogen and oxygen atoms in total. The highest BCUT2D eigenvalue weighted by atomic mass is 35.5. The Kier molecular flexibility index (Phi) is 6.78. The van der Waals surface area contributed by atoms with Gasteiger partial charge in [-0.25, -0.2) is 10.4 Å². The molecule has 5 rings (SSSR count). The third-order valence-corrected chi connectivity index (χ3v) is 6.70. The van der Waals surface area contributed by atoms with Crippen molar-refractivity contribution in [3.63, 3.8) is 0 Å². The van der Waals surface area contributed by atoms with Crippen molar-refractivity contribution in [3.8, 4) is 11.3 Å². The van der Waals surface area contributed by atoms with Gasteiger partial charge < -0.3 is 5.32 Å². The van der Waals surface area contributed by atoms with Gasteiger partial charge in [0.05, 0.1) is 22.5 Å². The van der Waals surface area contributed by atoms with Crippen LogP contribution in [0, 0.1) is 5.92 Å². The number of amides is 2. The third-order valence-electron chi connectivity index (χ3n) is 6.45. The Balaban J connectivity index is 1.38. The van der Waals surface area contributed by atoms with Gasteiger partial charge in [-0.1, -0.05) is 60.5 Å². The molecule has 2 N–H and O–H groups in total. The summed E-state index contributed by atoms with van der Waals surface area (Å²) in [6.07, 6.45) is 3.00. The van der Waals surface area contributed by atoms with Crippen LogP contribution in [0.2, 0.25) is 5.02 Å². The van der Waals surface area contributed by atoms with E-state index in [0.29, 0.717) is 27.5 Å². The van der Waals surface area contributed by atoms with Crippen LogP contribution in [0.1, 0.15) is 42.1 Å². The molecule has 0 atom stereocenters. The fraction of sp³-hybridized carbons (Fsp3) is 0.172. The molecule has 2 amide bonds. The predicted molar refractivity (Wildman–Crippen MR) is 144 cm³/mol. The van der Waals surface area contributed by atoms with Crippen LogP contribution in [0.15, 0.2) is 84.0 Å². The number of carbonyl (C=O) groups excluding carboxylic acids is 2. The Hall–Kier alpha value is -4.03. The molecule has 180 valence electrons. The fourth-order valence-corrected chi connectivity index (χ4v) is 4.25. The van der Waals surface area contributed by atoms with E-state index < -0.39 is 0 Å². The van der Waals surface area contributed by atoms with Gasteiger partial charge in [0.2, 0.25) is 5.91 Å². The van der Waals surface area contributed by atoms with E-state index in [2.05, 4.69) is 15.8 Å². The number of aromatic nitrogens is 1. The van der Waals surface area contributed by atoms with Crippen molar-refractivity contribution in [2.75, 3.05) is 5.32 Å². The molecule has 0 radical (unpaired) electrons. The first-order valence-electron chi connectivity index (χ1n) is 11.9. The smallest absolute Gasteiger partial charge is 0.272 e. The minimum absolute atomic E-state index is 0.0577. The molecule has 1 aliphatic carbocycles. The first kappa shape index (κ1) is 23.7. The number of para-hydroxylation sites is 1. The predicted octanol–water partition coefficient (Wildman–Crippen LogP) is 6.45. The summed E-state index contributed by atoms with van der Waals surface area (Å²) in [7, 11) is 0. The van der Waals surface area contributed by atoms with Gasteiger partial charge >= 0.3 is 0 Å². The van der Waals surface area contributed by atoms with Crippen LogP contribution < -0.4 is 10.7 Å². The van der Waals surface area contributed by atoms with E-state index in [9.17, 15) is 9.59 Å². The van der Waals surface area contributed by atoms with Gasteiger partial charge in [0.15, 0.2) is 0 Å². The number of anilines is 1. The van der Waals surface area contributed by atoms with E-state index in [-0.39, 0.29) is 17.7 Å². The van der Waals surface area contributed by atoms with Crippen molar-refractivity contribution in [2.45, 2.75) is 26.2 Å². The monoisotopic (exact) mass is 496 g/mol. The highest BCUT2D eigenvalue weighted by molar-refractivity contribution is 6.30. The van der Waals surface area contributed by atoms with E-state index in [1.165, 1.54) is 0 Å². The van der Waals surface area contributed by atoms with Crippen molar-refractivity contribution in [3.05, 3.63) is 95.0 Å². The maximum absolute atomic E-state index is 13.2. The van der Waals surface area contributed by atoms with Crippen LogP contribution in [0.5, 0.6) is 0 Å². The number of hydrazone groups is 1. The molecule has 36 heavy (non-hydrogen) atoms. The highest BCUT2D eigenvalue weighted by Crippen LogP contribution is 2.28. The van der Waals surface area contributed by atoms with Crippen molar-refractivity contribution in [2.24, 2.45) is 11.0 Å². The lowest BCUT2D eigenvalue weighted by molar-refractivity contribution is -0.122. The number of hydrogen-bond acceptors (Lipinski definition) is 4. The number of halogens is 1. The number of carbonyl (C=O) groups is 2. The minimum atomic E-state index is -0.336. The summed E-state index contributed by atoms with van der Waals surface area (Å²) in [4.78, 5) is 30.2. The molecule has 1 fully saturated rings. The van der Waals surface area contributed by atoms with Crippen LogP contribution in [-0.2, 0) is 4.79 Å². The van der Waals surface area contributed by atoms with Crippen LogP contribution >= 0.6 is 11.6 Å². The second-order valence-electron chi connectivity index (χ2n) is 8.92. The Bertz CT molecular complexity index is 1480. The van der Waals surface area contributed by atoms with Crippen LogP contribution in [0.25, 0.3) is 22.2 Å². The minimum Gasteiger partial charge on any atom is -0.326 e. The number of benzene rings is 3. The Morgan fingerprint density at radius 2 is 1.75 bits per heavy atom. The third kappa shape index (κ3) is 5.14. The first-order valence-corrected chi connectivity index (χ1v) is 12.3. The summed E-state index contributed by atoms with van der Waals surface area (Å²) in [6.45, 7) is 1.82. The average molecular weight is 497 g/mol. The Labute approximate surface area is 214 Å². The molecule has 1 heterocycles. The standard InChI is InChI=1S/C29H25ClN4O2/c1-18(21-8-5-9-23(16-21)31-28(35)20-6-4-7-20)33-34-29(36)25-17-27(19-12-14-22(30)15-13-19)32-26-11-3-2-10-24(25)26/h2-3,5,8-17,20H,4,6-7H2,1H3,(H,31,35)(H,34,36)/b33-18+. The van der Waals surface area contributed by atoms with Crippen molar-refractivity contribution in [1.82, 2.24) is 10.4 Å². The van der Waals surface area contributed by atoms with E-state index in [1.807, 2.05) is 67.6 Å². The molecule has 1 aromatic heterocycles. The number of hydrogen-bond donors (Lipinski definition) is 2. The topological polar surface area (TPSA) is 83.4 Å². The zero-order valence-electron chi connectivity index (χ0n) is 19.8. The Morgan fingerprint density at radius 3 is 2.50 bits per heavy atom. The number of nitrogens with zero attached hydrogens (tertiary/aromatic N) is 2. The maximum atomic E-state index is 13.2.